The maximum Gasteiger partial charge on any atom is 0.339 e. The Morgan fingerprint density at radius 2 is 2.21 bits per heavy atom. The smallest absolute Gasteiger partial charge is 0.339 e. The van der Waals surface area contributed by atoms with Gasteiger partial charge in [0, 0.05) is 32.6 Å². The highest BCUT2D eigenvalue weighted by Gasteiger charge is 2.30. The standard InChI is InChI=1S/C12H15FN2O4/c13-8-5-9(11(16)17)10(14-6-8)15-7-12(18)1-3-19-4-2-12/h5-6,18H,1-4,7H2,(H,14,15)(H,16,17). The van der Waals surface area contributed by atoms with Crippen LogP contribution in [0.15, 0.2) is 12.3 Å². The van der Waals surface area contributed by atoms with Crippen molar-refractivity contribution >= 4 is 11.8 Å². The van der Waals surface area contributed by atoms with Crippen LogP contribution in [0.3, 0.4) is 0 Å². The van der Waals surface area contributed by atoms with E-state index in [-0.39, 0.29) is 17.9 Å². The molecule has 1 saturated heterocycles. The summed E-state index contributed by atoms with van der Waals surface area (Å²) < 4.78 is 18.1. The first-order chi connectivity index (χ1) is 9.00. The molecule has 6 nitrogen and oxygen atoms in total. The van der Waals surface area contributed by atoms with Crippen LogP contribution in [0.1, 0.15) is 23.2 Å². The molecule has 0 amide bonds. The van der Waals surface area contributed by atoms with E-state index < -0.39 is 17.4 Å². The minimum atomic E-state index is -1.27. The molecule has 19 heavy (non-hydrogen) atoms. The second kappa shape index (κ2) is 5.50. The summed E-state index contributed by atoms with van der Waals surface area (Å²) in [4.78, 5) is 14.7. The molecule has 0 bridgehead atoms. The van der Waals surface area contributed by atoms with Crippen molar-refractivity contribution in [3.8, 4) is 0 Å². The van der Waals surface area contributed by atoms with Gasteiger partial charge >= 0.3 is 5.97 Å². The Balaban J connectivity index is 2.08. The van der Waals surface area contributed by atoms with E-state index in [2.05, 4.69) is 10.3 Å². The molecule has 0 aromatic carbocycles. The van der Waals surface area contributed by atoms with Crippen LogP contribution in [-0.4, -0.2) is 46.5 Å². The van der Waals surface area contributed by atoms with E-state index in [0.29, 0.717) is 26.1 Å². The van der Waals surface area contributed by atoms with Crippen molar-refractivity contribution in [2.75, 3.05) is 25.1 Å². The Labute approximate surface area is 109 Å². The van der Waals surface area contributed by atoms with Crippen molar-refractivity contribution in [1.29, 1.82) is 0 Å². The van der Waals surface area contributed by atoms with Crippen molar-refractivity contribution in [2.45, 2.75) is 18.4 Å². The summed E-state index contributed by atoms with van der Waals surface area (Å²) in [5, 5.41) is 22.0. The number of aromatic nitrogens is 1. The number of rotatable bonds is 4. The Morgan fingerprint density at radius 1 is 1.53 bits per heavy atom. The summed E-state index contributed by atoms with van der Waals surface area (Å²) in [6, 6.07) is 0.895. The van der Waals surface area contributed by atoms with Gasteiger partial charge in [-0.05, 0) is 6.07 Å². The van der Waals surface area contributed by atoms with E-state index in [0.717, 1.165) is 12.3 Å². The van der Waals surface area contributed by atoms with E-state index in [9.17, 15) is 14.3 Å². The molecule has 2 rings (SSSR count). The van der Waals surface area contributed by atoms with Gasteiger partial charge in [0.15, 0.2) is 0 Å². The quantitative estimate of drug-likeness (QED) is 0.752. The van der Waals surface area contributed by atoms with Gasteiger partial charge in [0.25, 0.3) is 0 Å². The summed E-state index contributed by atoms with van der Waals surface area (Å²) >= 11 is 0. The zero-order chi connectivity index (χ0) is 13.9. The lowest BCUT2D eigenvalue weighted by molar-refractivity contribution is -0.0544. The van der Waals surface area contributed by atoms with E-state index in [1.807, 2.05) is 0 Å². The van der Waals surface area contributed by atoms with Gasteiger partial charge in [-0.2, -0.15) is 0 Å². The third-order valence-corrected chi connectivity index (χ3v) is 3.09. The molecule has 1 aliphatic heterocycles. The summed E-state index contributed by atoms with van der Waals surface area (Å²) in [6.45, 7) is 1.07. The largest absolute Gasteiger partial charge is 0.478 e. The Bertz CT molecular complexity index is 475. The van der Waals surface area contributed by atoms with Gasteiger partial charge in [0.2, 0.25) is 0 Å². The first-order valence-corrected chi connectivity index (χ1v) is 5.93. The number of halogens is 1. The first kappa shape index (κ1) is 13.7. The average molecular weight is 270 g/mol. The number of aliphatic hydroxyl groups is 1. The van der Waals surface area contributed by atoms with Crippen LogP contribution in [0.4, 0.5) is 10.2 Å². The van der Waals surface area contributed by atoms with Gasteiger partial charge in [-0.1, -0.05) is 0 Å². The lowest BCUT2D eigenvalue weighted by Crippen LogP contribution is -2.42. The maximum atomic E-state index is 13.0. The first-order valence-electron chi connectivity index (χ1n) is 5.93. The molecule has 2 heterocycles. The molecule has 0 atom stereocenters. The lowest BCUT2D eigenvalue weighted by atomic mass is 9.94. The minimum Gasteiger partial charge on any atom is -0.478 e. The molecule has 1 aromatic rings. The molecule has 1 aromatic heterocycles. The summed E-state index contributed by atoms with van der Waals surface area (Å²) in [7, 11) is 0. The number of pyridine rings is 1. The molecule has 104 valence electrons. The summed E-state index contributed by atoms with van der Waals surface area (Å²) in [5.74, 6) is -1.94. The van der Waals surface area contributed by atoms with E-state index >= 15 is 0 Å². The fraction of sp³-hybridized carbons (Fsp3) is 0.500. The second-order valence-electron chi connectivity index (χ2n) is 4.55. The average Bonchev–Trinajstić information content (AvgIpc) is 2.38. The van der Waals surface area contributed by atoms with Gasteiger partial charge in [0.05, 0.1) is 11.8 Å². The second-order valence-corrected chi connectivity index (χ2v) is 4.55. The van der Waals surface area contributed by atoms with E-state index in [1.54, 1.807) is 0 Å². The van der Waals surface area contributed by atoms with Crippen molar-refractivity contribution in [1.82, 2.24) is 4.98 Å². The van der Waals surface area contributed by atoms with Gasteiger partial charge < -0.3 is 20.3 Å². The molecular weight excluding hydrogens is 255 g/mol. The normalized spacial score (nSPS) is 18.0. The van der Waals surface area contributed by atoms with Crippen LogP contribution < -0.4 is 5.32 Å². The SMILES string of the molecule is O=C(O)c1cc(F)cnc1NCC1(O)CCOCC1. The minimum absolute atomic E-state index is 0.0498. The van der Waals surface area contributed by atoms with E-state index in [1.165, 1.54) is 0 Å². The number of hydrogen-bond acceptors (Lipinski definition) is 5. The maximum absolute atomic E-state index is 13.0. The fourth-order valence-electron chi connectivity index (χ4n) is 1.92. The molecule has 0 spiro atoms. The Morgan fingerprint density at radius 3 is 2.84 bits per heavy atom. The molecule has 7 heteroatoms. The molecule has 1 fully saturated rings. The molecule has 1 aliphatic rings. The third kappa shape index (κ3) is 3.39. The van der Waals surface area contributed by atoms with Crippen molar-refractivity contribution in [2.24, 2.45) is 0 Å². The molecular formula is C12H15FN2O4. The van der Waals surface area contributed by atoms with Crippen molar-refractivity contribution < 1.29 is 24.1 Å². The number of anilines is 1. The molecule has 0 unspecified atom stereocenters. The number of nitrogens with zero attached hydrogens (tertiary/aromatic N) is 1. The number of carboxylic acids is 1. The highest BCUT2D eigenvalue weighted by molar-refractivity contribution is 5.93. The van der Waals surface area contributed by atoms with Crippen LogP contribution in [-0.2, 0) is 4.74 Å². The molecule has 0 saturated carbocycles. The van der Waals surface area contributed by atoms with E-state index in [4.69, 9.17) is 9.84 Å². The van der Waals surface area contributed by atoms with Gasteiger partial charge in [0.1, 0.15) is 17.2 Å². The van der Waals surface area contributed by atoms with Crippen LogP contribution in [0.2, 0.25) is 0 Å². The predicted molar refractivity (Wildman–Crippen MR) is 64.6 cm³/mol. The van der Waals surface area contributed by atoms with Crippen molar-refractivity contribution in [3.05, 3.63) is 23.6 Å². The van der Waals surface area contributed by atoms with Gasteiger partial charge in [-0.15, -0.1) is 0 Å². The lowest BCUT2D eigenvalue weighted by Gasteiger charge is -2.32. The fourth-order valence-corrected chi connectivity index (χ4v) is 1.92. The predicted octanol–water partition coefficient (Wildman–Crippen LogP) is 0.872. The number of nitrogens with one attached hydrogen (secondary N) is 1. The number of aromatic carboxylic acids is 1. The third-order valence-electron chi connectivity index (χ3n) is 3.09. The number of carboxylic acid groups (broad SMARTS) is 1. The Hall–Kier alpha value is -1.73. The van der Waals surface area contributed by atoms with Gasteiger partial charge in [-0.3, -0.25) is 0 Å². The van der Waals surface area contributed by atoms with Crippen LogP contribution in [0, 0.1) is 5.82 Å². The highest BCUT2D eigenvalue weighted by Crippen LogP contribution is 2.22. The number of hydrogen-bond donors (Lipinski definition) is 3. The van der Waals surface area contributed by atoms with Gasteiger partial charge in [-0.25, -0.2) is 14.2 Å². The zero-order valence-corrected chi connectivity index (χ0v) is 10.2. The zero-order valence-electron chi connectivity index (χ0n) is 10.2. The van der Waals surface area contributed by atoms with Crippen LogP contribution in [0.25, 0.3) is 0 Å². The number of carbonyl (C=O) groups is 1. The summed E-state index contributed by atoms with van der Waals surface area (Å²) in [5.41, 5.74) is -1.21. The highest BCUT2D eigenvalue weighted by atomic mass is 19.1. The molecule has 0 aliphatic carbocycles. The molecule has 3 N–H and O–H groups in total. The number of ether oxygens (including phenoxy) is 1. The molecule has 0 radical (unpaired) electrons. The van der Waals surface area contributed by atoms with Crippen LogP contribution in [0.5, 0.6) is 0 Å². The van der Waals surface area contributed by atoms with Crippen molar-refractivity contribution in [3.63, 3.8) is 0 Å². The topological polar surface area (TPSA) is 91.7 Å². The van der Waals surface area contributed by atoms with Crippen LogP contribution >= 0.6 is 0 Å². The Kier molecular flexibility index (Phi) is 3.96. The summed E-state index contributed by atoms with van der Waals surface area (Å²) in [6.07, 6.45) is 1.86. The monoisotopic (exact) mass is 270 g/mol.